The van der Waals surface area contributed by atoms with Gasteiger partial charge in [-0.25, -0.2) is 9.18 Å². The highest BCUT2D eigenvalue weighted by atomic mass is 32.1. The summed E-state index contributed by atoms with van der Waals surface area (Å²) < 4.78 is 12.8. The van der Waals surface area contributed by atoms with E-state index in [0.717, 1.165) is 10.4 Å². The van der Waals surface area contributed by atoms with Gasteiger partial charge in [0.2, 0.25) is 5.91 Å². The third-order valence-corrected chi connectivity index (χ3v) is 3.98. The van der Waals surface area contributed by atoms with Gasteiger partial charge < -0.3 is 16.4 Å². The van der Waals surface area contributed by atoms with E-state index >= 15 is 0 Å². The Kier molecular flexibility index (Phi) is 5.48. The van der Waals surface area contributed by atoms with Crippen LogP contribution >= 0.6 is 11.3 Å². The maximum absolute atomic E-state index is 12.8. The van der Waals surface area contributed by atoms with Crippen molar-refractivity contribution in [2.75, 3.05) is 0 Å². The van der Waals surface area contributed by atoms with E-state index in [9.17, 15) is 14.0 Å². The summed E-state index contributed by atoms with van der Waals surface area (Å²) in [5, 5.41) is 7.16. The number of nitrogens with one attached hydrogen (secondary N) is 2. The first-order valence-corrected chi connectivity index (χ1v) is 7.53. The Morgan fingerprint density at radius 3 is 2.55 bits per heavy atom. The number of carbonyl (C=O) groups is 2. The number of halogens is 1. The molecule has 2 aromatic rings. The zero-order chi connectivity index (χ0) is 15.9. The van der Waals surface area contributed by atoms with Gasteiger partial charge in [-0.2, -0.15) is 0 Å². The summed E-state index contributed by atoms with van der Waals surface area (Å²) in [6.45, 7) is 0.298. The van der Waals surface area contributed by atoms with Crippen LogP contribution in [-0.4, -0.2) is 11.9 Å². The lowest BCUT2D eigenvalue weighted by Crippen LogP contribution is -2.36. The van der Waals surface area contributed by atoms with Crippen molar-refractivity contribution in [1.29, 1.82) is 0 Å². The fourth-order valence-corrected chi connectivity index (χ4v) is 2.72. The van der Waals surface area contributed by atoms with E-state index in [1.165, 1.54) is 23.5 Å². The number of urea groups is 1. The summed E-state index contributed by atoms with van der Waals surface area (Å²) in [6, 6.07) is 8.43. The number of nitrogens with two attached hydrogens (primary N) is 1. The summed E-state index contributed by atoms with van der Waals surface area (Å²) >= 11 is 1.44. The van der Waals surface area contributed by atoms with Gasteiger partial charge in [0.05, 0.1) is 12.5 Å². The molecule has 4 N–H and O–H groups in total. The molecule has 5 nitrogen and oxygen atoms in total. The lowest BCUT2D eigenvalue weighted by atomic mass is 10.1. The Morgan fingerprint density at radius 1 is 1.23 bits per heavy atom. The molecule has 1 aromatic carbocycles. The van der Waals surface area contributed by atoms with Crippen LogP contribution in [0, 0.1) is 5.82 Å². The van der Waals surface area contributed by atoms with Gasteiger partial charge in [0.15, 0.2) is 0 Å². The van der Waals surface area contributed by atoms with Crippen molar-refractivity contribution < 1.29 is 14.0 Å². The predicted octanol–water partition coefficient (Wildman–Crippen LogP) is 2.30. The second kappa shape index (κ2) is 7.56. The van der Waals surface area contributed by atoms with Gasteiger partial charge in [-0.3, -0.25) is 4.79 Å². The Bertz CT molecular complexity index is 629. The average molecular weight is 321 g/mol. The molecule has 0 aliphatic rings. The lowest BCUT2D eigenvalue weighted by molar-refractivity contribution is -0.121. The highest BCUT2D eigenvalue weighted by Gasteiger charge is 2.18. The van der Waals surface area contributed by atoms with Crippen LogP contribution in [-0.2, 0) is 11.3 Å². The molecule has 3 amide bonds. The number of benzene rings is 1. The SMILES string of the molecule is NC(=O)NC(CC(=O)NCc1ccc(F)cc1)c1cccs1. The van der Waals surface area contributed by atoms with Crippen molar-refractivity contribution in [3.8, 4) is 0 Å². The second-order valence-electron chi connectivity index (χ2n) is 4.68. The molecule has 0 fully saturated rings. The number of carbonyl (C=O) groups excluding carboxylic acids is 2. The van der Waals surface area contributed by atoms with E-state index in [1.54, 1.807) is 12.1 Å². The third kappa shape index (κ3) is 4.85. The van der Waals surface area contributed by atoms with Crippen molar-refractivity contribution in [1.82, 2.24) is 10.6 Å². The molecule has 1 atom stereocenters. The molecule has 22 heavy (non-hydrogen) atoms. The molecule has 0 aliphatic carbocycles. The quantitative estimate of drug-likeness (QED) is 0.763. The van der Waals surface area contributed by atoms with E-state index in [-0.39, 0.29) is 18.1 Å². The number of hydrogen-bond donors (Lipinski definition) is 3. The molecular weight excluding hydrogens is 305 g/mol. The minimum absolute atomic E-state index is 0.0879. The van der Waals surface area contributed by atoms with Crippen LogP contribution in [0.2, 0.25) is 0 Å². The number of amides is 3. The molecule has 1 aromatic heterocycles. The molecule has 2 rings (SSSR count). The van der Waals surface area contributed by atoms with Crippen LogP contribution in [0.25, 0.3) is 0 Å². The zero-order valence-electron chi connectivity index (χ0n) is 11.7. The third-order valence-electron chi connectivity index (χ3n) is 3.00. The minimum atomic E-state index is -0.676. The van der Waals surface area contributed by atoms with Crippen molar-refractivity contribution in [2.45, 2.75) is 19.0 Å². The van der Waals surface area contributed by atoms with Crippen molar-refractivity contribution >= 4 is 23.3 Å². The van der Waals surface area contributed by atoms with Gasteiger partial charge in [-0.1, -0.05) is 18.2 Å². The largest absolute Gasteiger partial charge is 0.352 e. The van der Waals surface area contributed by atoms with Crippen LogP contribution in [0.15, 0.2) is 41.8 Å². The Balaban J connectivity index is 1.90. The van der Waals surface area contributed by atoms with E-state index in [2.05, 4.69) is 10.6 Å². The Labute approximate surface area is 131 Å². The minimum Gasteiger partial charge on any atom is -0.352 e. The molecule has 0 saturated carbocycles. The molecule has 116 valence electrons. The molecule has 0 bridgehead atoms. The zero-order valence-corrected chi connectivity index (χ0v) is 12.5. The van der Waals surface area contributed by atoms with Crippen LogP contribution in [0.3, 0.4) is 0 Å². The first kappa shape index (κ1) is 16.0. The fourth-order valence-electron chi connectivity index (χ4n) is 1.94. The van der Waals surface area contributed by atoms with E-state index < -0.39 is 12.1 Å². The average Bonchev–Trinajstić information content (AvgIpc) is 3.00. The number of thiophene rings is 1. The van der Waals surface area contributed by atoms with Gasteiger partial charge in [-0.05, 0) is 29.1 Å². The summed E-state index contributed by atoms with van der Waals surface area (Å²) in [5.74, 6) is -0.546. The van der Waals surface area contributed by atoms with Crippen molar-refractivity contribution in [3.05, 3.63) is 58.0 Å². The molecule has 0 saturated heterocycles. The van der Waals surface area contributed by atoms with E-state index in [4.69, 9.17) is 5.73 Å². The van der Waals surface area contributed by atoms with Crippen molar-refractivity contribution in [3.63, 3.8) is 0 Å². The standard InChI is InChI=1S/C15H16FN3O2S/c16-11-5-3-10(4-6-11)9-18-14(20)8-12(19-15(17)21)13-2-1-7-22-13/h1-7,12H,8-9H2,(H,18,20)(H3,17,19,21). The summed E-state index contributed by atoms with van der Waals surface area (Å²) in [5.41, 5.74) is 5.94. The van der Waals surface area contributed by atoms with Crippen LogP contribution in [0.5, 0.6) is 0 Å². The molecule has 7 heteroatoms. The van der Waals surface area contributed by atoms with Crippen LogP contribution in [0.4, 0.5) is 9.18 Å². The Hall–Kier alpha value is -2.41. The smallest absolute Gasteiger partial charge is 0.312 e. The van der Waals surface area contributed by atoms with E-state index in [0.29, 0.717) is 6.54 Å². The molecule has 1 heterocycles. The molecule has 1 unspecified atom stereocenters. The first-order chi connectivity index (χ1) is 10.5. The normalized spacial score (nSPS) is 11.7. The summed E-state index contributed by atoms with van der Waals surface area (Å²) in [4.78, 5) is 23.9. The molecule has 0 spiro atoms. The van der Waals surface area contributed by atoms with Gasteiger partial charge in [0.1, 0.15) is 5.82 Å². The number of rotatable bonds is 6. The fraction of sp³-hybridized carbons (Fsp3) is 0.200. The predicted molar refractivity (Wildman–Crippen MR) is 82.6 cm³/mol. The second-order valence-corrected chi connectivity index (χ2v) is 5.66. The van der Waals surface area contributed by atoms with Gasteiger partial charge in [0.25, 0.3) is 0 Å². The number of primary amides is 1. The van der Waals surface area contributed by atoms with Crippen molar-refractivity contribution in [2.24, 2.45) is 5.73 Å². The molecule has 0 aliphatic heterocycles. The Morgan fingerprint density at radius 2 is 1.95 bits per heavy atom. The van der Waals surface area contributed by atoms with Gasteiger partial charge in [0, 0.05) is 11.4 Å². The van der Waals surface area contributed by atoms with E-state index in [1.807, 2.05) is 17.5 Å². The highest BCUT2D eigenvalue weighted by Crippen LogP contribution is 2.21. The first-order valence-electron chi connectivity index (χ1n) is 6.65. The summed E-state index contributed by atoms with van der Waals surface area (Å²) in [6.07, 6.45) is 0.0879. The molecular formula is C15H16FN3O2S. The number of hydrogen-bond acceptors (Lipinski definition) is 3. The maximum atomic E-state index is 12.8. The topological polar surface area (TPSA) is 84.2 Å². The van der Waals surface area contributed by atoms with Crippen LogP contribution in [0.1, 0.15) is 22.9 Å². The maximum Gasteiger partial charge on any atom is 0.312 e. The lowest BCUT2D eigenvalue weighted by Gasteiger charge is -2.16. The highest BCUT2D eigenvalue weighted by molar-refractivity contribution is 7.10. The van der Waals surface area contributed by atoms with Gasteiger partial charge in [-0.15, -0.1) is 11.3 Å². The molecule has 0 radical (unpaired) electrons. The monoisotopic (exact) mass is 321 g/mol. The van der Waals surface area contributed by atoms with Crippen LogP contribution < -0.4 is 16.4 Å². The summed E-state index contributed by atoms with van der Waals surface area (Å²) in [7, 11) is 0. The van der Waals surface area contributed by atoms with Gasteiger partial charge >= 0.3 is 6.03 Å².